The van der Waals surface area contributed by atoms with Gasteiger partial charge in [0.1, 0.15) is 5.52 Å². The second-order valence-corrected chi connectivity index (χ2v) is 12.2. The van der Waals surface area contributed by atoms with Gasteiger partial charge < -0.3 is 26.3 Å². The number of rotatable bonds is 11. The van der Waals surface area contributed by atoms with Gasteiger partial charge >= 0.3 is 0 Å². The molecule has 0 aliphatic carbocycles. The molecule has 0 bridgehead atoms. The van der Waals surface area contributed by atoms with E-state index in [1.807, 2.05) is 44.2 Å². The van der Waals surface area contributed by atoms with Crippen molar-refractivity contribution in [3.8, 4) is 0 Å². The molecule has 0 fully saturated rings. The lowest BCUT2D eigenvalue weighted by Gasteiger charge is -2.31. The number of nitrogens with two attached hydrogens (primary N) is 2. The van der Waals surface area contributed by atoms with Crippen LogP contribution in [0.5, 0.6) is 0 Å². The number of aromatic nitrogens is 1. The fourth-order valence-corrected chi connectivity index (χ4v) is 6.18. The predicted octanol–water partition coefficient (Wildman–Crippen LogP) is 3.35. The molecule has 4 aromatic rings. The van der Waals surface area contributed by atoms with Crippen LogP contribution >= 0.6 is 0 Å². The van der Waals surface area contributed by atoms with Crippen molar-refractivity contribution >= 4 is 38.7 Å². The van der Waals surface area contributed by atoms with E-state index >= 15 is 0 Å². The number of carbonyl (C=O) groups is 1. The number of nitrogen functional groups attached to an aromatic ring is 2. The Morgan fingerprint density at radius 1 is 1.05 bits per heavy atom. The Hall–Kier alpha value is -3.93. The molecule has 1 heterocycles. The molecule has 1 aromatic heterocycles. The van der Waals surface area contributed by atoms with E-state index in [1.165, 1.54) is 22.5 Å². The van der Waals surface area contributed by atoms with E-state index in [-0.39, 0.29) is 41.9 Å². The lowest BCUT2D eigenvalue weighted by atomic mass is 9.99. The van der Waals surface area contributed by atoms with E-state index in [4.69, 9.17) is 15.9 Å². The Balaban J connectivity index is 1.64. The van der Waals surface area contributed by atoms with E-state index in [2.05, 4.69) is 10.3 Å². The molecule has 3 aromatic carbocycles. The van der Waals surface area contributed by atoms with Crippen molar-refractivity contribution in [1.82, 2.24) is 14.6 Å². The van der Waals surface area contributed by atoms with Gasteiger partial charge in [-0.3, -0.25) is 4.79 Å². The standard InChI is InChI=1S/C29H35N5O5S/c1-18(2)16-34(40(37,38)21-12-13-24-27(15-21)39-29(31)33-24)17-26(35)25(14-20-8-5-4-6-9-20)32-28(36)22-10-7-11-23(30)19(22)3/h4-13,15,18,25-26,35H,14,16-17,30H2,1-3H3,(H2,31,33)(H,32,36). The minimum Gasteiger partial charge on any atom is -0.424 e. The van der Waals surface area contributed by atoms with E-state index in [0.717, 1.165) is 5.56 Å². The van der Waals surface area contributed by atoms with E-state index in [0.29, 0.717) is 22.3 Å². The van der Waals surface area contributed by atoms with Crippen LogP contribution in [0.3, 0.4) is 0 Å². The maximum absolute atomic E-state index is 13.8. The molecule has 1 amide bonds. The number of fused-ring (bicyclic) bond motifs is 1. The molecule has 0 saturated carbocycles. The van der Waals surface area contributed by atoms with E-state index in [1.54, 1.807) is 25.1 Å². The molecule has 2 atom stereocenters. The number of hydrogen-bond donors (Lipinski definition) is 4. The summed E-state index contributed by atoms with van der Waals surface area (Å²) in [5, 5.41) is 14.4. The number of carbonyl (C=O) groups excluding carboxylic acids is 1. The van der Waals surface area contributed by atoms with Gasteiger partial charge in [-0.25, -0.2) is 8.42 Å². The molecule has 0 radical (unpaired) electrons. The average molecular weight is 566 g/mol. The number of aliphatic hydroxyl groups is 1. The number of oxazole rings is 1. The van der Waals surface area contributed by atoms with Crippen molar-refractivity contribution in [2.75, 3.05) is 24.6 Å². The van der Waals surface area contributed by atoms with Gasteiger partial charge in [0, 0.05) is 30.4 Å². The van der Waals surface area contributed by atoms with Gasteiger partial charge in [-0.15, -0.1) is 0 Å². The van der Waals surface area contributed by atoms with Crippen LogP contribution in [0.15, 0.2) is 76.0 Å². The summed E-state index contributed by atoms with van der Waals surface area (Å²) in [6, 6.07) is 17.9. The number of benzene rings is 3. The van der Waals surface area contributed by atoms with Crippen LogP contribution in [0.2, 0.25) is 0 Å². The Labute approximate surface area is 234 Å². The SMILES string of the molecule is Cc1c(N)cccc1C(=O)NC(Cc1ccccc1)C(O)CN(CC(C)C)S(=O)(=O)c1ccc2nc(N)oc2c1. The molecule has 10 nitrogen and oxygen atoms in total. The fourth-order valence-electron chi connectivity index (χ4n) is 4.54. The van der Waals surface area contributed by atoms with Crippen LogP contribution in [-0.2, 0) is 16.4 Å². The number of sulfonamides is 1. The smallest absolute Gasteiger partial charge is 0.292 e. The number of nitrogens with zero attached hydrogens (tertiary/aromatic N) is 2. The number of nitrogens with one attached hydrogen (secondary N) is 1. The summed E-state index contributed by atoms with van der Waals surface area (Å²) in [7, 11) is -4.06. The molecule has 6 N–H and O–H groups in total. The summed E-state index contributed by atoms with van der Waals surface area (Å²) in [4.78, 5) is 17.3. The third-order valence-corrected chi connectivity index (χ3v) is 8.50. The zero-order valence-electron chi connectivity index (χ0n) is 22.7. The van der Waals surface area contributed by atoms with Crippen molar-refractivity contribution < 1.29 is 22.7 Å². The lowest BCUT2D eigenvalue weighted by molar-refractivity contribution is 0.0775. The van der Waals surface area contributed by atoms with Crippen LogP contribution in [0.25, 0.3) is 11.1 Å². The highest BCUT2D eigenvalue weighted by Crippen LogP contribution is 2.25. The Bertz CT molecular complexity index is 1590. The molecule has 0 saturated heterocycles. The van der Waals surface area contributed by atoms with Gasteiger partial charge in [0.2, 0.25) is 10.0 Å². The number of amides is 1. The monoisotopic (exact) mass is 565 g/mol. The van der Waals surface area contributed by atoms with Crippen molar-refractivity contribution in [1.29, 1.82) is 0 Å². The first-order valence-electron chi connectivity index (χ1n) is 13.0. The average Bonchev–Trinajstić information content (AvgIpc) is 3.29. The summed E-state index contributed by atoms with van der Waals surface area (Å²) < 4.78 is 34.1. The maximum Gasteiger partial charge on any atom is 0.292 e. The molecule has 4 rings (SSSR count). The van der Waals surface area contributed by atoms with Gasteiger partial charge in [0.25, 0.3) is 11.9 Å². The third-order valence-electron chi connectivity index (χ3n) is 6.67. The van der Waals surface area contributed by atoms with Crippen LogP contribution in [0.1, 0.15) is 35.3 Å². The summed E-state index contributed by atoms with van der Waals surface area (Å²) in [6.07, 6.45) is -0.947. The minimum atomic E-state index is -4.06. The largest absolute Gasteiger partial charge is 0.424 e. The highest BCUT2D eigenvalue weighted by atomic mass is 32.2. The Kier molecular flexibility index (Phi) is 8.77. The summed E-state index contributed by atoms with van der Waals surface area (Å²) >= 11 is 0. The van der Waals surface area contributed by atoms with Crippen molar-refractivity contribution in [2.24, 2.45) is 5.92 Å². The second-order valence-electron chi connectivity index (χ2n) is 10.3. The van der Waals surface area contributed by atoms with Crippen LogP contribution in [0, 0.1) is 12.8 Å². The summed E-state index contributed by atoms with van der Waals surface area (Å²) in [5.74, 6) is -0.444. The third kappa shape index (κ3) is 6.61. The number of hydrogen-bond acceptors (Lipinski definition) is 8. The van der Waals surface area contributed by atoms with Gasteiger partial charge in [-0.1, -0.05) is 50.2 Å². The van der Waals surface area contributed by atoms with Crippen molar-refractivity contribution in [3.63, 3.8) is 0 Å². The Morgan fingerprint density at radius 3 is 2.48 bits per heavy atom. The number of aliphatic hydroxyl groups excluding tert-OH is 1. The van der Waals surface area contributed by atoms with Crippen LogP contribution in [0.4, 0.5) is 11.7 Å². The lowest BCUT2D eigenvalue weighted by Crippen LogP contribution is -2.51. The number of anilines is 2. The zero-order valence-corrected chi connectivity index (χ0v) is 23.6. The summed E-state index contributed by atoms with van der Waals surface area (Å²) in [6.45, 7) is 5.44. The van der Waals surface area contributed by atoms with Crippen LogP contribution in [-0.4, -0.2) is 54.0 Å². The molecular weight excluding hydrogens is 530 g/mol. The highest BCUT2D eigenvalue weighted by Gasteiger charge is 2.32. The highest BCUT2D eigenvalue weighted by molar-refractivity contribution is 7.89. The van der Waals surface area contributed by atoms with E-state index < -0.39 is 28.1 Å². The van der Waals surface area contributed by atoms with Crippen LogP contribution < -0.4 is 16.8 Å². The quantitative estimate of drug-likeness (QED) is 0.201. The molecule has 2 unspecified atom stereocenters. The second kappa shape index (κ2) is 12.1. The zero-order chi connectivity index (χ0) is 29.0. The normalized spacial score (nSPS) is 13.6. The maximum atomic E-state index is 13.8. The summed E-state index contributed by atoms with van der Waals surface area (Å²) in [5.41, 5.74) is 14.7. The predicted molar refractivity (Wildman–Crippen MR) is 155 cm³/mol. The van der Waals surface area contributed by atoms with Gasteiger partial charge in [0.05, 0.1) is 17.0 Å². The molecule has 0 aliphatic heterocycles. The van der Waals surface area contributed by atoms with Crippen molar-refractivity contribution in [3.05, 3.63) is 83.4 Å². The fraction of sp³-hybridized carbons (Fsp3) is 0.310. The molecule has 0 spiro atoms. The molecule has 0 aliphatic rings. The molecule has 40 heavy (non-hydrogen) atoms. The van der Waals surface area contributed by atoms with Gasteiger partial charge in [-0.05, 0) is 54.7 Å². The topological polar surface area (TPSA) is 165 Å². The van der Waals surface area contributed by atoms with E-state index in [9.17, 15) is 18.3 Å². The minimum absolute atomic E-state index is 0.0111. The Morgan fingerprint density at radius 2 is 1.77 bits per heavy atom. The molecule has 212 valence electrons. The molecule has 11 heteroatoms. The van der Waals surface area contributed by atoms with Crippen molar-refractivity contribution in [2.45, 2.75) is 44.2 Å². The first kappa shape index (κ1) is 29.1. The molecular formula is C29H35N5O5S. The van der Waals surface area contributed by atoms with Gasteiger partial charge in [-0.2, -0.15) is 9.29 Å². The first-order chi connectivity index (χ1) is 19.0. The van der Waals surface area contributed by atoms with Gasteiger partial charge in [0.15, 0.2) is 5.58 Å². The first-order valence-corrected chi connectivity index (χ1v) is 14.4.